The fourth-order valence-electron chi connectivity index (χ4n) is 3.21. The molecule has 3 heterocycles. The molecule has 0 saturated carbocycles. The number of aryl methyl sites for hydroxylation is 2. The van der Waals surface area contributed by atoms with Gasteiger partial charge < -0.3 is 14.1 Å². The summed E-state index contributed by atoms with van der Waals surface area (Å²) in [5, 5.41) is 2.87. The number of imidazole rings is 1. The Bertz CT molecular complexity index is 1150. The Kier molecular flexibility index (Phi) is 4.69. The Morgan fingerprint density at radius 2 is 2.07 bits per heavy atom. The lowest BCUT2D eigenvalue weighted by Crippen LogP contribution is -2.25. The molecule has 0 bridgehead atoms. The van der Waals surface area contributed by atoms with E-state index in [2.05, 4.69) is 5.32 Å². The van der Waals surface area contributed by atoms with Crippen molar-refractivity contribution < 1.29 is 13.6 Å². The zero-order valence-electron chi connectivity index (χ0n) is 15.7. The number of hydrogen-bond acceptors (Lipinski definition) is 3. The molecule has 0 fully saturated rings. The van der Waals surface area contributed by atoms with Crippen LogP contribution in [0.5, 0.6) is 0 Å². The van der Waals surface area contributed by atoms with E-state index in [0.29, 0.717) is 23.6 Å². The van der Waals surface area contributed by atoms with Gasteiger partial charge in [0.1, 0.15) is 17.2 Å². The van der Waals surface area contributed by atoms with Gasteiger partial charge in [-0.2, -0.15) is 0 Å². The number of nitrogens with zero attached hydrogens (tertiary/aromatic N) is 2. The van der Waals surface area contributed by atoms with Crippen LogP contribution in [0.1, 0.15) is 22.6 Å². The molecule has 5 nitrogen and oxygen atoms in total. The monoisotopic (exact) mass is 377 g/mol. The maximum absolute atomic E-state index is 13.7. The quantitative estimate of drug-likeness (QED) is 0.567. The summed E-state index contributed by atoms with van der Waals surface area (Å²) in [6.45, 7) is 4.03. The lowest BCUT2D eigenvalue weighted by molar-refractivity contribution is -0.120. The number of carbonyl (C=O) groups is 1. The number of carbonyl (C=O) groups excluding carboxylic acids is 1. The van der Waals surface area contributed by atoms with Gasteiger partial charge in [0.25, 0.3) is 0 Å². The molecule has 1 aromatic carbocycles. The minimum Gasteiger partial charge on any atom is -0.467 e. The zero-order chi connectivity index (χ0) is 19.7. The Balaban J connectivity index is 1.71. The van der Waals surface area contributed by atoms with Gasteiger partial charge in [0, 0.05) is 11.8 Å². The Morgan fingerprint density at radius 3 is 2.82 bits per heavy atom. The van der Waals surface area contributed by atoms with Crippen molar-refractivity contribution in [3.8, 4) is 11.3 Å². The predicted molar refractivity (Wildman–Crippen MR) is 104 cm³/mol. The van der Waals surface area contributed by atoms with Crippen molar-refractivity contribution in [2.45, 2.75) is 26.8 Å². The van der Waals surface area contributed by atoms with Gasteiger partial charge in [0.05, 0.1) is 30.6 Å². The number of benzene rings is 1. The average Bonchev–Trinajstić information content (AvgIpc) is 3.31. The van der Waals surface area contributed by atoms with Crippen molar-refractivity contribution in [3.05, 3.63) is 83.3 Å². The molecule has 0 spiro atoms. The molecule has 0 radical (unpaired) electrons. The van der Waals surface area contributed by atoms with Crippen molar-refractivity contribution in [1.82, 2.24) is 14.7 Å². The van der Waals surface area contributed by atoms with E-state index in [-0.39, 0.29) is 18.1 Å². The Morgan fingerprint density at radius 1 is 1.21 bits per heavy atom. The lowest BCUT2D eigenvalue weighted by Gasteiger charge is -2.08. The van der Waals surface area contributed by atoms with E-state index in [9.17, 15) is 9.18 Å². The number of halogens is 1. The fraction of sp³-hybridized carbons (Fsp3) is 0.182. The summed E-state index contributed by atoms with van der Waals surface area (Å²) in [4.78, 5) is 17.3. The van der Waals surface area contributed by atoms with Crippen LogP contribution in [0.15, 0.2) is 59.3 Å². The molecule has 1 N–H and O–H groups in total. The first-order valence-electron chi connectivity index (χ1n) is 9.04. The van der Waals surface area contributed by atoms with Crippen LogP contribution in [0, 0.1) is 19.7 Å². The molecule has 3 aromatic heterocycles. The number of hydrogen-bond donors (Lipinski definition) is 1. The minimum atomic E-state index is -0.263. The number of rotatable bonds is 5. The van der Waals surface area contributed by atoms with E-state index in [0.717, 1.165) is 22.5 Å². The highest BCUT2D eigenvalue weighted by Crippen LogP contribution is 2.27. The first-order valence-corrected chi connectivity index (χ1v) is 9.04. The summed E-state index contributed by atoms with van der Waals surface area (Å²) in [5.74, 6) is 0.289. The summed E-state index contributed by atoms with van der Waals surface area (Å²) in [7, 11) is 0. The van der Waals surface area contributed by atoms with E-state index in [1.54, 1.807) is 31.4 Å². The smallest absolute Gasteiger partial charge is 0.226 e. The largest absolute Gasteiger partial charge is 0.467 e. The van der Waals surface area contributed by atoms with Gasteiger partial charge in [0.15, 0.2) is 0 Å². The molecule has 142 valence electrons. The van der Waals surface area contributed by atoms with Gasteiger partial charge in [0.2, 0.25) is 5.91 Å². The number of furan rings is 1. The molecule has 0 saturated heterocycles. The van der Waals surface area contributed by atoms with E-state index in [1.165, 1.54) is 6.07 Å². The minimum absolute atomic E-state index is 0.139. The molecular weight excluding hydrogens is 357 g/mol. The van der Waals surface area contributed by atoms with Gasteiger partial charge in [-0.15, -0.1) is 0 Å². The first-order chi connectivity index (χ1) is 13.5. The zero-order valence-corrected chi connectivity index (χ0v) is 15.7. The van der Waals surface area contributed by atoms with Crippen molar-refractivity contribution in [2.75, 3.05) is 0 Å². The number of amides is 1. The first kappa shape index (κ1) is 18.0. The molecule has 1 amide bonds. The number of aromatic nitrogens is 2. The molecule has 0 atom stereocenters. The van der Waals surface area contributed by atoms with Gasteiger partial charge >= 0.3 is 0 Å². The third-order valence-corrected chi connectivity index (χ3v) is 4.66. The Hall–Kier alpha value is -3.41. The van der Waals surface area contributed by atoms with Crippen LogP contribution < -0.4 is 5.32 Å². The van der Waals surface area contributed by atoms with Crippen molar-refractivity contribution >= 4 is 11.6 Å². The van der Waals surface area contributed by atoms with Gasteiger partial charge in [-0.3, -0.25) is 4.79 Å². The highest BCUT2D eigenvalue weighted by Gasteiger charge is 2.18. The van der Waals surface area contributed by atoms with Crippen LogP contribution in [-0.2, 0) is 17.8 Å². The Labute approximate surface area is 161 Å². The van der Waals surface area contributed by atoms with E-state index >= 15 is 0 Å². The van der Waals surface area contributed by atoms with E-state index < -0.39 is 0 Å². The van der Waals surface area contributed by atoms with Crippen LogP contribution >= 0.6 is 0 Å². The second-order valence-electron chi connectivity index (χ2n) is 6.84. The van der Waals surface area contributed by atoms with Gasteiger partial charge in [-0.1, -0.05) is 6.07 Å². The van der Waals surface area contributed by atoms with Crippen LogP contribution in [0.25, 0.3) is 16.9 Å². The maximum atomic E-state index is 13.7. The highest BCUT2D eigenvalue weighted by molar-refractivity contribution is 5.81. The van der Waals surface area contributed by atoms with Crippen molar-refractivity contribution in [1.29, 1.82) is 0 Å². The van der Waals surface area contributed by atoms with Crippen LogP contribution in [0.2, 0.25) is 0 Å². The molecule has 4 aromatic rings. The maximum Gasteiger partial charge on any atom is 0.226 e. The summed E-state index contributed by atoms with van der Waals surface area (Å²) in [6.07, 6.45) is 3.68. The summed E-state index contributed by atoms with van der Waals surface area (Å²) in [6, 6.07) is 12.4. The molecule has 0 unspecified atom stereocenters. The van der Waals surface area contributed by atoms with Crippen molar-refractivity contribution in [2.24, 2.45) is 0 Å². The molecule has 28 heavy (non-hydrogen) atoms. The lowest BCUT2D eigenvalue weighted by atomic mass is 10.1. The fourth-order valence-corrected chi connectivity index (χ4v) is 3.21. The number of pyridine rings is 1. The SMILES string of the molecule is Cc1ccc2nc(-c3ccc(F)c(C)c3)c(CC(=O)NCc3ccco3)n2c1. The second-order valence-corrected chi connectivity index (χ2v) is 6.84. The van der Waals surface area contributed by atoms with Crippen LogP contribution in [0.3, 0.4) is 0 Å². The molecule has 0 aliphatic rings. The number of nitrogens with one attached hydrogen (secondary N) is 1. The van der Waals surface area contributed by atoms with Gasteiger partial charge in [-0.05, 0) is 61.4 Å². The third kappa shape index (κ3) is 3.53. The summed E-state index contributed by atoms with van der Waals surface area (Å²) < 4.78 is 20.9. The highest BCUT2D eigenvalue weighted by atomic mass is 19.1. The number of fused-ring (bicyclic) bond motifs is 1. The molecule has 0 aliphatic heterocycles. The summed E-state index contributed by atoms with van der Waals surface area (Å²) >= 11 is 0. The topological polar surface area (TPSA) is 59.5 Å². The molecule has 4 rings (SSSR count). The third-order valence-electron chi connectivity index (χ3n) is 4.66. The normalized spacial score (nSPS) is 11.1. The van der Waals surface area contributed by atoms with E-state index in [1.807, 2.05) is 35.7 Å². The average molecular weight is 377 g/mol. The molecular formula is C22H20FN3O2. The van der Waals surface area contributed by atoms with Crippen molar-refractivity contribution in [3.63, 3.8) is 0 Å². The molecule has 6 heteroatoms. The molecule has 0 aliphatic carbocycles. The van der Waals surface area contributed by atoms with Crippen LogP contribution in [0.4, 0.5) is 4.39 Å². The van der Waals surface area contributed by atoms with Crippen LogP contribution in [-0.4, -0.2) is 15.3 Å². The predicted octanol–water partition coefficient (Wildman–Crippen LogP) is 4.21. The second kappa shape index (κ2) is 7.31. The van der Waals surface area contributed by atoms with E-state index in [4.69, 9.17) is 9.40 Å². The van der Waals surface area contributed by atoms with Gasteiger partial charge in [-0.25, -0.2) is 9.37 Å². The summed E-state index contributed by atoms with van der Waals surface area (Å²) in [5.41, 5.74) is 4.58. The standard InChI is InChI=1S/C22H20FN3O2/c1-14-5-8-20-25-22(16-6-7-18(23)15(2)10-16)19(26(20)13-14)11-21(27)24-12-17-4-3-9-28-17/h3-10,13H,11-12H2,1-2H3,(H,24,27).